The number of nitrogens with zero attached hydrogens (tertiary/aromatic N) is 3. The lowest BCUT2D eigenvalue weighted by molar-refractivity contribution is 0.278. The SMILES string of the molecule is Cc1nc2ccccc2c(Sc2ncn[nH]2)c1CO. The molecule has 0 unspecified atom stereocenters. The topological polar surface area (TPSA) is 74.7 Å². The Kier molecular flexibility index (Phi) is 3.18. The number of aryl methyl sites for hydroxylation is 1. The van der Waals surface area contributed by atoms with E-state index in [2.05, 4.69) is 20.2 Å². The highest BCUT2D eigenvalue weighted by atomic mass is 32.2. The van der Waals surface area contributed by atoms with Gasteiger partial charge in [0.2, 0.25) is 0 Å². The standard InChI is InChI=1S/C13H12N4OS/c1-8-10(6-18)12(19-13-14-7-15-17-13)9-4-2-3-5-11(9)16-8/h2-5,7,18H,6H2,1H3,(H,14,15,17). The van der Waals surface area contributed by atoms with Crippen molar-refractivity contribution in [2.75, 3.05) is 0 Å². The van der Waals surface area contributed by atoms with Gasteiger partial charge in [-0.25, -0.2) is 4.98 Å². The molecular weight excluding hydrogens is 260 g/mol. The molecule has 0 radical (unpaired) electrons. The molecule has 2 heterocycles. The van der Waals surface area contributed by atoms with Crippen LogP contribution in [0.25, 0.3) is 10.9 Å². The van der Waals surface area contributed by atoms with Gasteiger partial charge in [0.1, 0.15) is 6.33 Å². The van der Waals surface area contributed by atoms with Crippen LogP contribution >= 0.6 is 11.8 Å². The van der Waals surface area contributed by atoms with E-state index in [1.807, 2.05) is 31.2 Å². The number of benzene rings is 1. The fourth-order valence-electron chi connectivity index (χ4n) is 1.98. The molecule has 0 saturated carbocycles. The van der Waals surface area contributed by atoms with Gasteiger partial charge in [0.25, 0.3) is 0 Å². The van der Waals surface area contributed by atoms with Crippen molar-refractivity contribution in [3.8, 4) is 0 Å². The molecular formula is C13H12N4OS. The maximum Gasteiger partial charge on any atom is 0.188 e. The molecule has 0 aliphatic heterocycles. The molecule has 0 aliphatic rings. The first-order valence-corrected chi connectivity index (χ1v) is 6.63. The molecule has 3 aromatic rings. The van der Waals surface area contributed by atoms with E-state index >= 15 is 0 Å². The number of para-hydroxylation sites is 1. The van der Waals surface area contributed by atoms with Crippen LogP contribution in [0.3, 0.4) is 0 Å². The van der Waals surface area contributed by atoms with Gasteiger partial charge in [-0.3, -0.25) is 10.1 Å². The fourth-order valence-corrected chi connectivity index (χ4v) is 2.99. The van der Waals surface area contributed by atoms with Gasteiger partial charge in [0, 0.05) is 21.5 Å². The van der Waals surface area contributed by atoms with E-state index in [-0.39, 0.29) is 6.61 Å². The van der Waals surface area contributed by atoms with Gasteiger partial charge < -0.3 is 5.11 Å². The Morgan fingerprint density at radius 3 is 2.89 bits per heavy atom. The van der Waals surface area contributed by atoms with Crippen molar-refractivity contribution < 1.29 is 5.11 Å². The highest BCUT2D eigenvalue weighted by molar-refractivity contribution is 7.99. The number of pyridine rings is 1. The average Bonchev–Trinajstić information content (AvgIpc) is 2.92. The van der Waals surface area contributed by atoms with Gasteiger partial charge in [-0.05, 0) is 24.8 Å². The van der Waals surface area contributed by atoms with Crippen LogP contribution in [0.2, 0.25) is 0 Å². The smallest absolute Gasteiger partial charge is 0.188 e. The Morgan fingerprint density at radius 1 is 1.32 bits per heavy atom. The number of aliphatic hydroxyl groups is 1. The van der Waals surface area contributed by atoms with E-state index in [9.17, 15) is 5.11 Å². The molecule has 0 aliphatic carbocycles. The molecule has 0 bridgehead atoms. The van der Waals surface area contributed by atoms with Gasteiger partial charge in [0.05, 0.1) is 12.1 Å². The van der Waals surface area contributed by atoms with Gasteiger partial charge in [0.15, 0.2) is 5.16 Å². The number of aliphatic hydroxyl groups excluding tert-OH is 1. The van der Waals surface area contributed by atoms with Crippen molar-refractivity contribution in [2.45, 2.75) is 23.6 Å². The highest BCUT2D eigenvalue weighted by Gasteiger charge is 2.14. The Labute approximate surface area is 114 Å². The van der Waals surface area contributed by atoms with Gasteiger partial charge in [-0.1, -0.05) is 18.2 Å². The summed E-state index contributed by atoms with van der Waals surface area (Å²) in [5.41, 5.74) is 2.59. The average molecular weight is 272 g/mol. The second-order valence-electron chi connectivity index (χ2n) is 4.07. The van der Waals surface area contributed by atoms with E-state index in [0.29, 0.717) is 5.16 Å². The molecule has 0 atom stereocenters. The summed E-state index contributed by atoms with van der Waals surface area (Å²) in [5, 5.41) is 18.0. The largest absolute Gasteiger partial charge is 0.392 e. The van der Waals surface area contributed by atoms with Gasteiger partial charge in [-0.2, -0.15) is 5.10 Å². The van der Waals surface area contributed by atoms with Gasteiger partial charge in [-0.15, -0.1) is 0 Å². The lowest BCUT2D eigenvalue weighted by atomic mass is 10.1. The number of fused-ring (bicyclic) bond motifs is 1. The van der Waals surface area contributed by atoms with Crippen LogP contribution in [-0.4, -0.2) is 25.3 Å². The van der Waals surface area contributed by atoms with E-state index in [1.165, 1.54) is 18.1 Å². The van der Waals surface area contributed by atoms with Crippen molar-refractivity contribution in [1.29, 1.82) is 0 Å². The quantitative estimate of drug-likeness (QED) is 0.765. The summed E-state index contributed by atoms with van der Waals surface area (Å²) in [6.07, 6.45) is 1.47. The predicted octanol–water partition coefficient (Wildman–Crippen LogP) is 2.30. The molecule has 96 valence electrons. The number of aromatic amines is 1. The van der Waals surface area contributed by atoms with E-state index in [4.69, 9.17) is 0 Å². The number of hydrogen-bond donors (Lipinski definition) is 2. The van der Waals surface area contributed by atoms with Crippen molar-refractivity contribution in [1.82, 2.24) is 20.2 Å². The molecule has 1 aromatic carbocycles. The number of H-pyrrole nitrogens is 1. The van der Waals surface area contributed by atoms with Crippen molar-refractivity contribution in [3.63, 3.8) is 0 Å². The predicted molar refractivity (Wildman–Crippen MR) is 72.9 cm³/mol. The molecule has 19 heavy (non-hydrogen) atoms. The van der Waals surface area contributed by atoms with E-state index < -0.39 is 0 Å². The number of rotatable bonds is 3. The first-order chi connectivity index (χ1) is 9.29. The summed E-state index contributed by atoms with van der Waals surface area (Å²) in [5.74, 6) is 0. The molecule has 6 heteroatoms. The minimum Gasteiger partial charge on any atom is -0.392 e. The second kappa shape index (κ2) is 4.99. The van der Waals surface area contributed by atoms with Crippen LogP contribution in [0.5, 0.6) is 0 Å². The molecule has 0 fully saturated rings. The second-order valence-corrected chi connectivity index (χ2v) is 5.07. The third-order valence-electron chi connectivity index (χ3n) is 2.90. The highest BCUT2D eigenvalue weighted by Crippen LogP contribution is 2.35. The molecule has 3 rings (SSSR count). The molecule has 0 amide bonds. The zero-order chi connectivity index (χ0) is 13.2. The maximum absolute atomic E-state index is 9.59. The third kappa shape index (κ3) is 2.20. The van der Waals surface area contributed by atoms with Crippen molar-refractivity contribution in [2.24, 2.45) is 0 Å². The maximum atomic E-state index is 9.59. The first kappa shape index (κ1) is 12.1. The van der Waals surface area contributed by atoms with E-state index in [1.54, 1.807) is 0 Å². The van der Waals surface area contributed by atoms with Crippen LogP contribution < -0.4 is 0 Å². The summed E-state index contributed by atoms with van der Waals surface area (Å²) >= 11 is 1.46. The van der Waals surface area contributed by atoms with Crippen molar-refractivity contribution in [3.05, 3.63) is 41.9 Å². The number of aromatic nitrogens is 4. The fraction of sp³-hybridized carbons (Fsp3) is 0.154. The van der Waals surface area contributed by atoms with Crippen LogP contribution in [0.15, 0.2) is 40.6 Å². The number of nitrogens with one attached hydrogen (secondary N) is 1. The molecule has 0 spiro atoms. The lowest BCUT2D eigenvalue weighted by Crippen LogP contribution is -1.98. The first-order valence-electron chi connectivity index (χ1n) is 5.82. The van der Waals surface area contributed by atoms with Gasteiger partial charge >= 0.3 is 0 Å². The Morgan fingerprint density at radius 2 is 2.16 bits per heavy atom. The minimum absolute atomic E-state index is 0.0415. The number of hydrogen-bond acceptors (Lipinski definition) is 5. The lowest BCUT2D eigenvalue weighted by Gasteiger charge is -2.12. The van der Waals surface area contributed by atoms with E-state index in [0.717, 1.165) is 27.1 Å². The Balaban J connectivity index is 2.23. The third-order valence-corrected chi connectivity index (χ3v) is 3.96. The Hall–Kier alpha value is -1.92. The summed E-state index contributed by atoms with van der Waals surface area (Å²) in [6, 6.07) is 7.88. The summed E-state index contributed by atoms with van der Waals surface area (Å²) in [4.78, 5) is 9.61. The molecule has 2 N–H and O–H groups in total. The zero-order valence-electron chi connectivity index (χ0n) is 10.3. The molecule has 2 aromatic heterocycles. The summed E-state index contributed by atoms with van der Waals surface area (Å²) in [6.45, 7) is 1.86. The van der Waals surface area contributed by atoms with Crippen LogP contribution in [0.4, 0.5) is 0 Å². The zero-order valence-corrected chi connectivity index (χ0v) is 11.1. The Bertz CT molecular complexity index is 712. The van der Waals surface area contributed by atoms with Crippen LogP contribution in [0.1, 0.15) is 11.3 Å². The normalized spacial score (nSPS) is 11.1. The monoisotopic (exact) mass is 272 g/mol. The van der Waals surface area contributed by atoms with Crippen LogP contribution in [-0.2, 0) is 6.61 Å². The summed E-state index contributed by atoms with van der Waals surface area (Å²) < 4.78 is 0. The molecule has 0 saturated heterocycles. The van der Waals surface area contributed by atoms with Crippen molar-refractivity contribution >= 4 is 22.7 Å². The minimum atomic E-state index is -0.0415. The van der Waals surface area contributed by atoms with Crippen LogP contribution in [0, 0.1) is 6.92 Å². The summed E-state index contributed by atoms with van der Waals surface area (Å²) in [7, 11) is 0. The molecule has 5 nitrogen and oxygen atoms in total.